The van der Waals surface area contributed by atoms with E-state index in [1.807, 2.05) is 26.8 Å². The van der Waals surface area contributed by atoms with Crippen molar-refractivity contribution in [2.45, 2.75) is 38.7 Å². The normalized spacial score (nSPS) is 18.6. The van der Waals surface area contributed by atoms with Crippen molar-refractivity contribution in [2.24, 2.45) is 0 Å². The van der Waals surface area contributed by atoms with Gasteiger partial charge in [0, 0.05) is 29.2 Å². The number of likely N-dealkylation sites (tertiary alicyclic amines) is 1. The van der Waals surface area contributed by atoms with E-state index in [9.17, 15) is 4.79 Å². The second-order valence-electron chi connectivity index (χ2n) is 6.73. The Morgan fingerprint density at radius 2 is 2.22 bits per heavy atom. The maximum absolute atomic E-state index is 12.2. The summed E-state index contributed by atoms with van der Waals surface area (Å²) in [5, 5.41) is 4.30. The Balaban J connectivity index is 1.83. The Kier molecular flexibility index (Phi) is 3.95. The summed E-state index contributed by atoms with van der Waals surface area (Å²) in [6, 6.07) is 2.00. The van der Waals surface area contributed by atoms with Crippen LogP contribution in [0.5, 0.6) is 0 Å². The molecular weight excluding hydrogens is 362 g/mol. The lowest BCUT2D eigenvalue weighted by Crippen LogP contribution is -2.35. The van der Waals surface area contributed by atoms with Crippen LogP contribution in [0, 0.1) is 0 Å². The number of carbonyl (C=O) groups excluding carboxylic acids is 1. The molecule has 0 radical (unpaired) electrons. The third-order valence-electron chi connectivity index (χ3n) is 3.82. The second-order valence-corrected chi connectivity index (χ2v) is 7.59. The van der Waals surface area contributed by atoms with Gasteiger partial charge >= 0.3 is 6.09 Å². The minimum Gasteiger partial charge on any atom is -0.444 e. The van der Waals surface area contributed by atoms with Crippen LogP contribution in [0.2, 0.25) is 0 Å². The first-order valence-electron chi connectivity index (χ1n) is 7.52. The Bertz CT molecular complexity index is 752. The average molecular weight is 382 g/mol. The molecule has 0 spiro atoms. The number of rotatable bonds is 1. The van der Waals surface area contributed by atoms with Crippen molar-refractivity contribution in [3.63, 3.8) is 0 Å². The van der Waals surface area contributed by atoms with E-state index in [1.165, 1.54) is 6.33 Å². The predicted octanol–water partition coefficient (Wildman–Crippen LogP) is 2.80. The van der Waals surface area contributed by atoms with Gasteiger partial charge in [-0.3, -0.25) is 0 Å². The molecule has 0 bridgehead atoms. The van der Waals surface area contributed by atoms with E-state index in [0.29, 0.717) is 18.9 Å². The van der Waals surface area contributed by atoms with Gasteiger partial charge in [-0.25, -0.2) is 14.3 Å². The number of carbonyl (C=O) groups is 1. The van der Waals surface area contributed by atoms with Crippen molar-refractivity contribution in [1.29, 1.82) is 0 Å². The van der Waals surface area contributed by atoms with Crippen molar-refractivity contribution in [3.05, 3.63) is 22.6 Å². The number of nitrogens with two attached hydrogens (primary N) is 1. The highest BCUT2D eigenvalue weighted by Gasteiger charge is 2.32. The third-order valence-corrected chi connectivity index (χ3v) is 4.43. The lowest BCUT2D eigenvalue weighted by Gasteiger charge is -2.24. The molecule has 0 saturated carbocycles. The summed E-state index contributed by atoms with van der Waals surface area (Å²) in [5.41, 5.74) is 7.23. The quantitative estimate of drug-likeness (QED) is 0.820. The van der Waals surface area contributed by atoms with E-state index >= 15 is 0 Å². The minimum absolute atomic E-state index is 0.190. The summed E-state index contributed by atoms with van der Waals surface area (Å²) in [4.78, 5) is 18.0. The van der Waals surface area contributed by atoms with Gasteiger partial charge in [-0.1, -0.05) is 0 Å². The van der Waals surface area contributed by atoms with Crippen LogP contribution in [0.1, 0.15) is 38.8 Å². The zero-order chi connectivity index (χ0) is 16.8. The molecule has 1 fully saturated rings. The number of nitrogens with zero attached hydrogens (tertiary/aromatic N) is 4. The van der Waals surface area contributed by atoms with Gasteiger partial charge in [-0.05, 0) is 49.2 Å². The molecule has 1 saturated heterocycles. The molecule has 1 aliphatic rings. The molecule has 3 heterocycles. The van der Waals surface area contributed by atoms with Crippen LogP contribution in [-0.2, 0) is 4.74 Å². The number of anilines is 1. The monoisotopic (exact) mass is 381 g/mol. The maximum Gasteiger partial charge on any atom is 0.410 e. The molecule has 7 nitrogen and oxygen atoms in total. The van der Waals surface area contributed by atoms with Gasteiger partial charge in [0.05, 0.1) is 0 Å². The largest absolute Gasteiger partial charge is 0.444 e. The van der Waals surface area contributed by atoms with Crippen LogP contribution < -0.4 is 5.73 Å². The SMILES string of the molecule is CC(C)(C)OC(=O)N1CC[C@H](c2cc(Br)c3c(N)ncnn23)C1. The molecule has 2 aromatic rings. The van der Waals surface area contributed by atoms with Crippen LogP contribution in [-0.4, -0.2) is 44.3 Å². The standard InChI is InChI=1S/C15H20BrN5O2/c1-15(2,3)23-14(22)20-5-4-9(7-20)11-6-10(16)12-13(17)18-8-19-21(11)12/h6,8-9H,4-5,7H2,1-3H3,(H2,17,18,19)/t9-/m0/s1. The van der Waals surface area contributed by atoms with E-state index in [1.54, 1.807) is 9.42 Å². The summed E-state index contributed by atoms with van der Waals surface area (Å²) in [7, 11) is 0. The fraction of sp³-hybridized carbons (Fsp3) is 0.533. The van der Waals surface area contributed by atoms with Crippen molar-refractivity contribution >= 4 is 33.4 Å². The minimum atomic E-state index is -0.484. The zero-order valence-electron chi connectivity index (χ0n) is 13.4. The molecule has 8 heteroatoms. The summed E-state index contributed by atoms with van der Waals surface area (Å²) in [6.07, 6.45) is 2.04. The number of hydrogen-bond acceptors (Lipinski definition) is 5. The average Bonchev–Trinajstić information content (AvgIpc) is 3.02. The highest BCUT2D eigenvalue weighted by Crippen LogP contribution is 2.34. The second kappa shape index (κ2) is 5.67. The molecule has 1 atom stereocenters. The van der Waals surface area contributed by atoms with E-state index in [-0.39, 0.29) is 12.0 Å². The highest BCUT2D eigenvalue weighted by molar-refractivity contribution is 9.10. The molecule has 0 aromatic carbocycles. The van der Waals surface area contributed by atoms with Gasteiger partial charge in [0.15, 0.2) is 5.82 Å². The highest BCUT2D eigenvalue weighted by atomic mass is 79.9. The maximum atomic E-state index is 12.2. The first kappa shape index (κ1) is 16.0. The summed E-state index contributed by atoms with van der Waals surface area (Å²) >= 11 is 3.51. The topological polar surface area (TPSA) is 85.8 Å². The first-order valence-corrected chi connectivity index (χ1v) is 8.31. The van der Waals surface area contributed by atoms with Crippen LogP contribution in [0.25, 0.3) is 5.52 Å². The van der Waals surface area contributed by atoms with Gasteiger partial charge in [0.2, 0.25) is 0 Å². The molecule has 124 valence electrons. The molecule has 2 N–H and O–H groups in total. The number of aromatic nitrogens is 3. The molecular formula is C15H20BrN5O2. The summed E-state index contributed by atoms with van der Waals surface area (Å²) in [5.74, 6) is 0.621. The van der Waals surface area contributed by atoms with Gasteiger partial charge in [0.25, 0.3) is 0 Å². The zero-order valence-corrected chi connectivity index (χ0v) is 15.0. The van der Waals surface area contributed by atoms with E-state index in [4.69, 9.17) is 10.5 Å². The molecule has 1 amide bonds. The van der Waals surface area contributed by atoms with Crippen LogP contribution in [0.15, 0.2) is 16.9 Å². The number of fused-ring (bicyclic) bond motifs is 1. The number of hydrogen-bond donors (Lipinski definition) is 1. The van der Waals surface area contributed by atoms with Crippen LogP contribution in [0.4, 0.5) is 10.6 Å². The molecule has 1 aliphatic heterocycles. The Labute approximate surface area is 142 Å². The van der Waals surface area contributed by atoms with E-state index in [0.717, 1.165) is 22.1 Å². The fourth-order valence-corrected chi connectivity index (χ4v) is 3.44. The lowest BCUT2D eigenvalue weighted by molar-refractivity contribution is 0.0292. The third kappa shape index (κ3) is 3.12. The summed E-state index contributed by atoms with van der Waals surface area (Å²) in [6.45, 7) is 6.89. The molecule has 3 rings (SSSR count). The number of halogens is 1. The van der Waals surface area contributed by atoms with Crippen molar-refractivity contribution in [3.8, 4) is 0 Å². The van der Waals surface area contributed by atoms with Crippen molar-refractivity contribution in [1.82, 2.24) is 19.5 Å². The Morgan fingerprint density at radius 1 is 1.48 bits per heavy atom. The van der Waals surface area contributed by atoms with Gasteiger partial charge in [0.1, 0.15) is 17.4 Å². The van der Waals surface area contributed by atoms with Gasteiger partial charge < -0.3 is 15.4 Å². The number of nitrogen functional groups attached to an aromatic ring is 1. The number of ether oxygens (including phenoxy) is 1. The van der Waals surface area contributed by atoms with Crippen molar-refractivity contribution in [2.75, 3.05) is 18.8 Å². The fourth-order valence-electron chi connectivity index (χ4n) is 2.83. The predicted molar refractivity (Wildman–Crippen MR) is 90.3 cm³/mol. The molecule has 0 unspecified atom stereocenters. The lowest BCUT2D eigenvalue weighted by atomic mass is 10.1. The number of amides is 1. The van der Waals surface area contributed by atoms with Gasteiger partial charge in [-0.2, -0.15) is 5.10 Å². The van der Waals surface area contributed by atoms with E-state index in [2.05, 4.69) is 26.0 Å². The Hall–Kier alpha value is -1.83. The molecule has 23 heavy (non-hydrogen) atoms. The van der Waals surface area contributed by atoms with Crippen LogP contribution in [0.3, 0.4) is 0 Å². The van der Waals surface area contributed by atoms with E-state index < -0.39 is 5.60 Å². The molecule has 0 aliphatic carbocycles. The molecule has 2 aromatic heterocycles. The van der Waals surface area contributed by atoms with Crippen LogP contribution >= 0.6 is 15.9 Å². The summed E-state index contributed by atoms with van der Waals surface area (Å²) < 4.78 is 8.11. The Morgan fingerprint density at radius 3 is 2.91 bits per heavy atom. The smallest absolute Gasteiger partial charge is 0.410 e. The van der Waals surface area contributed by atoms with Crippen molar-refractivity contribution < 1.29 is 9.53 Å². The van der Waals surface area contributed by atoms with Gasteiger partial charge in [-0.15, -0.1) is 0 Å². The first-order chi connectivity index (χ1) is 10.8.